The lowest BCUT2D eigenvalue weighted by Gasteiger charge is -2.07. The van der Waals surface area contributed by atoms with Gasteiger partial charge in [0.15, 0.2) is 0 Å². The Bertz CT molecular complexity index is 572. The molecule has 7 heteroatoms. The first-order chi connectivity index (χ1) is 8.58. The molecule has 0 spiro atoms. The number of hydrogen-bond acceptors (Lipinski definition) is 4. The molecule has 0 aliphatic heterocycles. The van der Waals surface area contributed by atoms with Crippen molar-refractivity contribution in [3.63, 3.8) is 0 Å². The molecule has 0 saturated carbocycles. The molecule has 18 heavy (non-hydrogen) atoms. The first-order valence-corrected chi connectivity index (χ1v) is 6.62. The molecule has 0 atom stereocenters. The number of anilines is 1. The summed E-state index contributed by atoms with van der Waals surface area (Å²) in [6, 6.07) is 2.99. The van der Waals surface area contributed by atoms with Gasteiger partial charge in [0.05, 0.1) is 22.2 Å². The third-order valence-corrected chi connectivity index (χ3v) is 3.76. The third-order valence-electron chi connectivity index (χ3n) is 2.18. The molecular weight excluding hydrogens is 293 g/mol. The van der Waals surface area contributed by atoms with Crippen molar-refractivity contribution in [1.82, 2.24) is 10.3 Å². The van der Waals surface area contributed by atoms with Gasteiger partial charge in [0.1, 0.15) is 5.01 Å². The smallest absolute Gasteiger partial charge is 0.253 e. The van der Waals surface area contributed by atoms with Crippen molar-refractivity contribution in [2.45, 2.75) is 6.54 Å². The van der Waals surface area contributed by atoms with Crippen molar-refractivity contribution in [3.05, 3.63) is 44.3 Å². The molecule has 0 fully saturated rings. The number of rotatable bonds is 3. The third kappa shape index (κ3) is 2.93. The Morgan fingerprint density at radius 3 is 2.89 bits per heavy atom. The standard InChI is InChI=1S/C11H9Cl2N3OS/c12-8-4-6(14)3-7(10(8)13)11(17)16-5-9-15-1-2-18-9/h1-4H,5,14H2,(H,16,17). The van der Waals surface area contributed by atoms with E-state index in [0.29, 0.717) is 12.2 Å². The van der Waals surface area contributed by atoms with Gasteiger partial charge >= 0.3 is 0 Å². The van der Waals surface area contributed by atoms with Gasteiger partial charge in [-0.1, -0.05) is 23.2 Å². The topological polar surface area (TPSA) is 68.0 Å². The molecule has 1 amide bonds. The Morgan fingerprint density at radius 1 is 1.44 bits per heavy atom. The quantitative estimate of drug-likeness (QED) is 0.857. The van der Waals surface area contributed by atoms with E-state index in [1.54, 1.807) is 6.20 Å². The summed E-state index contributed by atoms with van der Waals surface area (Å²) in [5.41, 5.74) is 6.28. The number of halogens is 2. The van der Waals surface area contributed by atoms with Crippen LogP contribution in [-0.4, -0.2) is 10.9 Å². The molecule has 1 aromatic carbocycles. The van der Waals surface area contributed by atoms with E-state index < -0.39 is 0 Å². The van der Waals surface area contributed by atoms with Gasteiger partial charge in [0.25, 0.3) is 5.91 Å². The summed E-state index contributed by atoms with van der Waals surface area (Å²) < 4.78 is 0. The van der Waals surface area contributed by atoms with Crippen molar-refractivity contribution in [2.75, 3.05) is 5.73 Å². The maximum absolute atomic E-state index is 11.9. The highest BCUT2D eigenvalue weighted by Gasteiger charge is 2.14. The Labute approximate surface area is 118 Å². The number of thiazole rings is 1. The second-order valence-corrected chi connectivity index (χ2v) is 5.24. The van der Waals surface area contributed by atoms with Gasteiger partial charge in [0.2, 0.25) is 0 Å². The summed E-state index contributed by atoms with van der Waals surface area (Å²) in [4.78, 5) is 16.0. The minimum absolute atomic E-state index is 0.197. The maximum atomic E-state index is 11.9. The van der Waals surface area contributed by atoms with E-state index in [9.17, 15) is 4.79 Å². The van der Waals surface area contributed by atoms with Crippen molar-refractivity contribution in [3.8, 4) is 0 Å². The zero-order valence-corrected chi connectivity index (χ0v) is 11.4. The van der Waals surface area contributed by atoms with Crippen LogP contribution in [0.5, 0.6) is 0 Å². The van der Waals surface area contributed by atoms with Gasteiger partial charge < -0.3 is 11.1 Å². The number of benzene rings is 1. The lowest BCUT2D eigenvalue weighted by Crippen LogP contribution is -2.23. The number of aromatic nitrogens is 1. The fraction of sp³-hybridized carbons (Fsp3) is 0.0909. The second-order valence-electron chi connectivity index (χ2n) is 3.47. The van der Waals surface area contributed by atoms with Crippen LogP contribution in [0.2, 0.25) is 10.0 Å². The SMILES string of the molecule is Nc1cc(Cl)c(Cl)c(C(=O)NCc2nccs2)c1. The summed E-state index contributed by atoms with van der Waals surface area (Å²) >= 11 is 13.3. The van der Waals surface area contributed by atoms with Gasteiger partial charge in [0, 0.05) is 17.3 Å². The van der Waals surface area contributed by atoms with Crippen LogP contribution in [0.1, 0.15) is 15.4 Å². The van der Waals surface area contributed by atoms with E-state index in [2.05, 4.69) is 10.3 Å². The second kappa shape index (κ2) is 5.56. The van der Waals surface area contributed by atoms with Gasteiger partial charge in [-0.05, 0) is 12.1 Å². The molecule has 4 nitrogen and oxygen atoms in total. The van der Waals surface area contributed by atoms with Crippen LogP contribution in [0.15, 0.2) is 23.7 Å². The predicted molar refractivity (Wildman–Crippen MR) is 74.2 cm³/mol. The molecule has 0 aliphatic carbocycles. The molecule has 0 unspecified atom stereocenters. The van der Waals surface area contributed by atoms with E-state index >= 15 is 0 Å². The Hall–Kier alpha value is -1.30. The Morgan fingerprint density at radius 2 is 2.22 bits per heavy atom. The van der Waals surface area contributed by atoms with Gasteiger partial charge in [-0.3, -0.25) is 4.79 Å². The van der Waals surface area contributed by atoms with Crippen LogP contribution in [0.25, 0.3) is 0 Å². The zero-order valence-electron chi connectivity index (χ0n) is 9.11. The highest BCUT2D eigenvalue weighted by molar-refractivity contribution is 7.09. The van der Waals surface area contributed by atoms with E-state index in [-0.39, 0.29) is 21.5 Å². The van der Waals surface area contributed by atoms with E-state index in [0.717, 1.165) is 5.01 Å². The minimum Gasteiger partial charge on any atom is -0.399 e. The first kappa shape index (κ1) is 13.1. The highest BCUT2D eigenvalue weighted by atomic mass is 35.5. The van der Waals surface area contributed by atoms with Crippen molar-refractivity contribution in [1.29, 1.82) is 0 Å². The van der Waals surface area contributed by atoms with Crippen LogP contribution in [0.3, 0.4) is 0 Å². The number of hydrogen-bond donors (Lipinski definition) is 2. The van der Waals surface area contributed by atoms with Crippen LogP contribution in [-0.2, 0) is 6.54 Å². The summed E-state index contributed by atoms with van der Waals surface area (Å²) in [5, 5.41) is 5.82. The average molecular weight is 302 g/mol. The van der Waals surface area contributed by atoms with Gasteiger partial charge in [-0.2, -0.15) is 0 Å². The predicted octanol–water partition coefficient (Wildman–Crippen LogP) is 2.96. The van der Waals surface area contributed by atoms with Crippen LogP contribution in [0.4, 0.5) is 5.69 Å². The van der Waals surface area contributed by atoms with Crippen molar-refractivity contribution in [2.24, 2.45) is 0 Å². The Kier molecular flexibility index (Phi) is 4.06. The normalized spacial score (nSPS) is 10.3. The first-order valence-electron chi connectivity index (χ1n) is 4.99. The summed E-state index contributed by atoms with van der Waals surface area (Å²) in [7, 11) is 0. The number of nitrogens with one attached hydrogen (secondary N) is 1. The molecule has 0 bridgehead atoms. The van der Waals surface area contributed by atoms with Crippen molar-refractivity contribution < 1.29 is 4.79 Å². The molecule has 0 aliphatic rings. The van der Waals surface area contributed by atoms with E-state index in [4.69, 9.17) is 28.9 Å². The fourth-order valence-electron chi connectivity index (χ4n) is 1.37. The molecule has 0 radical (unpaired) electrons. The summed E-state index contributed by atoms with van der Waals surface area (Å²) in [6.07, 6.45) is 1.68. The van der Waals surface area contributed by atoms with E-state index in [1.165, 1.54) is 23.5 Å². The molecule has 1 heterocycles. The van der Waals surface area contributed by atoms with Crippen LogP contribution in [0, 0.1) is 0 Å². The fourth-order valence-corrected chi connectivity index (χ4v) is 2.35. The maximum Gasteiger partial charge on any atom is 0.253 e. The number of carbonyl (C=O) groups excluding carboxylic acids is 1. The van der Waals surface area contributed by atoms with Gasteiger partial charge in [-0.25, -0.2) is 4.98 Å². The number of amides is 1. The average Bonchev–Trinajstić information content (AvgIpc) is 2.83. The van der Waals surface area contributed by atoms with Crippen LogP contribution < -0.4 is 11.1 Å². The molecule has 2 aromatic rings. The largest absolute Gasteiger partial charge is 0.399 e. The molecule has 94 valence electrons. The number of nitrogens with zero attached hydrogens (tertiary/aromatic N) is 1. The molecule has 3 N–H and O–H groups in total. The monoisotopic (exact) mass is 301 g/mol. The summed E-state index contributed by atoms with van der Waals surface area (Å²) in [5.74, 6) is -0.329. The minimum atomic E-state index is -0.329. The molecular formula is C11H9Cl2N3OS. The molecule has 2 rings (SSSR count). The van der Waals surface area contributed by atoms with E-state index in [1.807, 2.05) is 5.38 Å². The van der Waals surface area contributed by atoms with Crippen molar-refractivity contribution >= 4 is 46.1 Å². The lowest BCUT2D eigenvalue weighted by molar-refractivity contribution is 0.0951. The zero-order chi connectivity index (χ0) is 13.1. The highest BCUT2D eigenvalue weighted by Crippen LogP contribution is 2.28. The molecule has 1 aromatic heterocycles. The number of carbonyl (C=O) groups is 1. The lowest BCUT2D eigenvalue weighted by atomic mass is 10.2. The summed E-state index contributed by atoms with van der Waals surface area (Å²) in [6.45, 7) is 0.346. The van der Waals surface area contributed by atoms with Crippen LogP contribution >= 0.6 is 34.5 Å². The van der Waals surface area contributed by atoms with Gasteiger partial charge in [-0.15, -0.1) is 11.3 Å². The number of nitrogen functional groups attached to an aromatic ring is 1. The Balaban J connectivity index is 2.14. The molecule has 0 saturated heterocycles. The number of nitrogens with two attached hydrogens (primary N) is 1.